The minimum atomic E-state index is -1.42. The molecule has 0 heterocycles. The molecule has 22 heavy (non-hydrogen) atoms. The topological polar surface area (TPSA) is 9.23 Å². The maximum atomic E-state index is 5.30. The first kappa shape index (κ1) is 18.8. The molecule has 0 aromatic heterocycles. The molecule has 0 saturated heterocycles. The fraction of sp³-hybridized carbons (Fsp3) is 0.500. The van der Waals surface area contributed by atoms with E-state index in [1.165, 1.54) is 31.2 Å². The van der Waals surface area contributed by atoms with Gasteiger partial charge in [-0.15, -0.1) is 6.58 Å². The van der Waals surface area contributed by atoms with Crippen LogP contribution in [0.5, 0.6) is 5.75 Å². The van der Waals surface area contributed by atoms with Gasteiger partial charge in [-0.1, -0.05) is 68.4 Å². The van der Waals surface area contributed by atoms with Gasteiger partial charge in [0.15, 0.2) is 0 Å². The summed E-state index contributed by atoms with van der Waals surface area (Å²) in [7, 11) is 0.296. The number of hydrogen-bond donors (Lipinski definition) is 0. The van der Waals surface area contributed by atoms with E-state index in [1.807, 2.05) is 0 Å². The lowest BCUT2D eigenvalue weighted by Crippen LogP contribution is -2.24. The van der Waals surface area contributed by atoms with Gasteiger partial charge in [-0.3, -0.25) is 0 Å². The van der Waals surface area contributed by atoms with Gasteiger partial charge in [0.05, 0.1) is 15.2 Å². The standard InChI is InChI=1S/C20H32OSi/c1-7-9-10-12-17(11-8-2)20(22(4,5)6)18-13-15-19(21-3)16-14-18/h8,13-16H,2,7,9-12H2,1,3-6H3/b20-17-. The number of rotatable bonds is 9. The summed E-state index contributed by atoms with van der Waals surface area (Å²) in [6.07, 6.45) is 8.13. The van der Waals surface area contributed by atoms with Crippen LogP contribution in [0.1, 0.15) is 44.6 Å². The van der Waals surface area contributed by atoms with E-state index < -0.39 is 8.07 Å². The number of benzene rings is 1. The predicted octanol–water partition coefficient (Wildman–Crippen LogP) is 6.48. The Labute approximate surface area is 138 Å². The third-order valence-corrected chi connectivity index (χ3v) is 6.10. The van der Waals surface area contributed by atoms with Crippen molar-refractivity contribution in [1.29, 1.82) is 0 Å². The summed E-state index contributed by atoms with van der Waals surface area (Å²) in [5, 5.41) is 1.60. The van der Waals surface area contributed by atoms with E-state index in [0.29, 0.717) is 0 Å². The van der Waals surface area contributed by atoms with Crippen molar-refractivity contribution in [3.63, 3.8) is 0 Å². The molecule has 0 unspecified atom stereocenters. The highest BCUT2D eigenvalue weighted by Gasteiger charge is 2.24. The van der Waals surface area contributed by atoms with Crippen molar-refractivity contribution >= 4 is 13.3 Å². The van der Waals surface area contributed by atoms with E-state index in [9.17, 15) is 0 Å². The fourth-order valence-electron chi connectivity index (χ4n) is 3.02. The minimum absolute atomic E-state index is 0.926. The Morgan fingerprint density at radius 1 is 1.14 bits per heavy atom. The van der Waals surface area contributed by atoms with Gasteiger partial charge >= 0.3 is 0 Å². The van der Waals surface area contributed by atoms with Gasteiger partial charge in [0.2, 0.25) is 0 Å². The van der Waals surface area contributed by atoms with E-state index in [1.54, 1.807) is 17.9 Å². The average molecular weight is 317 g/mol. The molecule has 122 valence electrons. The molecule has 0 radical (unpaired) electrons. The average Bonchev–Trinajstić information content (AvgIpc) is 2.47. The van der Waals surface area contributed by atoms with Crippen LogP contribution in [-0.4, -0.2) is 15.2 Å². The minimum Gasteiger partial charge on any atom is -0.497 e. The molecule has 0 spiro atoms. The lowest BCUT2D eigenvalue weighted by molar-refractivity contribution is 0.415. The SMILES string of the molecule is C=CC/C(CCCCC)=C(\c1ccc(OC)cc1)[Si](C)(C)C. The molecule has 2 heteroatoms. The van der Waals surface area contributed by atoms with Crippen molar-refractivity contribution in [2.24, 2.45) is 0 Å². The van der Waals surface area contributed by atoms with Crippen molar-refractivity contribution in [2.45, 2.75) is 58.7 Å². The fourth-order valence-corrected chi connectivity index (χ4v) is 5.34. The van der Waals surface area contributed by atoms with Crippen molar-refractivity contribution in [3.8, 4) is 5.75 Å². The van der Waals surface area contributed by atoms with Crippen LogP contribution >= 0.6 is 0 Å². The monoisotopic (exact) mass is 316 g/mol. The van der Waals surface area contributed by atoms with Gasteiger partial charge in [0, 0.05) is 0 Å². The Morgan fingerprint density at radius 2 is 1.77 bits per heavy atom. The van der Waals surface area contributed by atoms with Crippen LogP contribution in [0.4, 0.5) is 0 Å². The van der Waals surface area contributed by atoms with Crippen LogP contribution in [0.3, 0.4) is 0 Å². The molecular weight excluding hydrogens is 284 g/mol. The zero-order valence-corrected chi connectivity index (χ0v) is 16.0. The summed E-state index contributed by atoms with van der Waals surface area (Å²) >= 11 is 0. The van der Waals surface area contributed by atoms with Crippen LogP contribution in [0, 0.1) is 0 Å². The Hall–Kier alpha value is -1.28. The number of hydrogen-bond acceptors (Lipinski definition) is 1. The van der Waals surface area contributed by atoms with Crippen molar-refractivity contribution in [3.05, 3.63) is 48.1 Å². The van der Waals surface area contributed by atoms with Crippen molar-refractivity contribution in [2.75, 3.05) is 7.11 Å². The molecule has 0 aliphatic rings. The molecule has 1 rings (SSSR count). The van der Waals surface area contributed by atoms with Crippen molar-refractivity contribution < 1.29 is 4.74 Å². The van der Waals surface area contributed by atoms with Crippen LogP contribution in [0.2, 0.25) is 19.6 Å². The Morgan fingerprint density at radius 3 is 2.23 bits per heavy atom. The third-order valence-electron chi connectivity index (χ3n) is 3.96. The Bertz CT molecular complexity index is 491. The van der Waals surface area contributed by atoms with Gasteiger partial charge in [0.1, 0.15) is 5.75 Å². The lowest BCUT2D eigenvalue weighted by Gasteiger charge is -2.26. The van der Waals surface area contributed by atoms with Crippen molar-refractivity contribution in [1.82, 2.24) is 0 Å². The number of methoxy groups -OCH3 is 1. The Kier molecular flexibility index (Phi) is 7.67. The predicted molar refractivity (Wildman–Crippen MR) is 102 cm³/mol. The summed E-state index contributed by atoms with van der Waals surface area (Å²) in [5.74, 6) is 0.926. The van der Waals surface area contributed by atoms with Crippen LogP contribution in [0.25, 0.3) is 5.20 Å². The Balaban J connectivity index is 3.25. The molecular formula is C20H32OSi. The maximum absolute atomic E-state index is 5.30. The molecule has 1 nitrogen and oxygen atoms in total. The molecule has 0 bridgehead atoms. The molecule has 0 N–H and O–H groups in total. The summed E-state index contributed by atoms with van der Waals surface area (Å²) in [4.78, 5) is 0. The summed E-state index contributed by atoms with van der Waals surface area (Å²) in [6.45, 7) is 13.6. The molecule has 1 aromatic carbocycles. The normalized spacial score (nSPS) is 12.8. The second kappa shape index (κ2) is 8.99. The second-order valence-corrected chi connectivity index (χ2v) is 11.9. The summed E-state index contributed by atoms with van der Waals surface area (Å²) in [5.41, 5.74) is 2.96. The van der Waals surface area contributed by atoms with E-state index in [4.69, 9.17) is 4.74 Å². The van der Waals surface area contributed by atoms with Gasteiger partial charge in [-0.05, 0) is 37.0 Å². The highest BCUT2D eigenvalue weighted by atomic mass is 28.3. The smallest absolute Gasteiger partial charge is 0.118 e. The first-order valence-corrected chi connectivity index (χ1v) is 11.9. The molecule has 0 atom stereocenters. The number of allylic oxidation sites excluding steroid dienone is 2. The van der Waals surface area contributed by atoms with Crippen LogP contribution < -0.4 is 4.74 Å². The summed E-state index contributed by atoms with van der Waals surface area (Å²) in [6, 6.07) is 8.59. The van der Waals surface area contributed by atoms with Gasteiger partial charge < -0.3 is 4.74 Å². The number of ether oxygens (including phenoxy) is 1. The quantitative estimate of drug-likeness (QED) is 0.288. The number of unbranched alkanes of at least 4 members (excludes halogenated alkanes) is 2. The van der Waals surface area contributed by atoms with Gasteiger partial charge in [-0.25, -0.2) is 0 Å². The first-order valence-electron chi connectivity index (χ1n) is 8.41. The van der Waals surface area contributed by atoms with Gasteiger partial charge in [0.25, 0.3) is 0 Å². The lowest BCUT2D eigenvalue weighted by atomic mass is 10.0. The second-order valence-electron chi connectivity index (χ2n) is 6.91. The van der Waals surface area contributed by atoms with E-state index in [0.717, 1.165) is 12.2 Å². The molecule has 0 amide bonds. The van der Waals surface area contributed by atoms with Crippen LogP contribution in [0.15, 0.2) is 42.5 Å². The van der Waals surface area contributed by atoms with E-state index in [-0.39, 0.29) is 0 Å². The molecule has 0 aliphatic carbocycles. The zero-order chi connectivity index (χ0) is 16.6. The zero-order valence-electron chi connectivity index (χ0n) is 15.0. The van der Waals surface area contributed by atoms with Gasteiger partial charge in [-0.2, -0.15) is 0 Å². The molecule has 0 saturated carbocycles. The molecule has 0 aliphatic heterocycles. The highest BCUT2D eigenvalue weighted by molar-refractivity contribution is 6.93. The summed E-state index contributed by atoms with van der Waals surface area (Å²) < 4.78 is 5.30. The third kappa shape index (κ3) is 5.49. The molecule has 0 fully saturated rings. The largest absolute Gasteiger partial charge is 0.497 e. The van der Waals surface area contributed by atoms with Crippen LogP contribution in [-0.2, 0) is 0 Å². The highest BCUT2D eigenvalue weighted by Crippen LogP contribution is 2.34. The molecule has 1 aromatic rings. The van der Waals surface area contributed by atoms with E-state index in [2.05, 4.69) is 63.5 Å². The maximum Gasteiger partial charge on any atom is 0.118 e. The first-order chi connectivity index (χ1) is 10.4. The van der Waals surface area contributed by atoms with E-state index >= 15 is 0 Å².